The van der Waals surface area contributed by atoms with Crippen molar-refractivity contribution < 1.29 is 0 Å². The number of nitriles is 1. The molecule has 0 N–H and O–H groups in total. The highest BCUT2D eigenvalue weighted by atomic mass is 79.9. The van der Waals surface area contributed by atoms with Gasteiger partial charge in [-0.05, 0) is 27.6 Å². The summed E-state index contributed by atoms with van der Waals surface area (Å²) in [5.74, 6) is 0. The summed E-state index contributed by atoms with van der Waals surface area (Å²) in [4.78, 5) is 0. The van der Waals surface area contributed by atoms with Crippen LogP contribution < -0.4 is 0 Å². The third kappa shape index (κ3) is 1.43. The van der Waals surface area contributed by atoms with Crippen molar-refractivity contribution in [2.75, 3.05) is 0 Å². The molecule has 3 nitrogen and oxygen atoms in total. The van der Waals surface area contributed by atoms with Crippen LogP contribution in [0.4, 0.5) is 0 Å². The van der Waals surface area contributed by atoms with E-state index in [4.69, 9.17) is 5.26 Å². The van der Waals surface area contributed by atoms with Gasteiger partial charge >= 0.3 is 0 Å². The Balaban J connectivity index is 2.72. The standard InChI is InChI=1S/C8H4BrN3S/c9-6-2-1-5(3-4-10)7-8(6)12-13-11-7/h1-2H,3H2. The molecule has 0 saturated heterocycles. The monoisotopic (exact) mass is 253 g/mol. The van der Waals surface area contributed by atoms with E-state index in [1.54, 1.807) is 0 Å². The Labute approximate surface area is 87.5 Å². The van der Waals surface area contributed by atoms with Gasteiger partial charge in [-0.1, -0.05) is 6.07 Å². The summed E-state index contributed by atoms with van der Waals surface area (Å²) in [5.41, 5.74) is 2.62. The first-order valence-electron chi connectivity index (χ1n) is 3.59. The molecule has 1 aromatic heterocycles. The highest BCUT2D eigenvalue weighted by molar-refractivity contribution is 9.10. The lowest BCUT2D eigenvalue weighted by Crippen LogP contribution is -1.84. The fraction of sp³-hybridized carbons (Fsp3) is 0.125. The van der Waals surface area contributed by atoms with Crippen LogP contribution in [0, 0.1) is 11.3 Å². The summed E-state index contributed by atoms with van der Waals surface area (Å²) in [6.45, 7) is 0. The second-order valence-electron chi connectivity index (χ2n) is 2.50. The minimum absolute atomic E-state index is 0.384. The molecule has 64 valence electrons. The van der Waals surface area contributed by atoms with E-state index in [1.807, 2.05) is 12.1 Å². The largest absolute Gasteiger partial charge is 0.198 e. The summed E-state index contributed by atoms with van der Waals surface area (Å²) < 4.78 is 9.21. The molecule has 0 saturated carbocycles. The van der Waals surface area contributed by atoms with Crippen LogP contribution in [0.25, 0.3) is 11.0 Å². The SMILES string of the molecule is N#CCc1ccc(Br)c2nsnc12. The number of halogens is 1. The Hall–Kier alpha value is -0.990. The van der Waals surface area contributed by atoms with E-state index in [0.29, 0.717) is 6.42 Å². The highest BCUT2D eigenvalue weighted by Gasteiger charge is 2.07. The Morgan fingerprint density at radius 2 is 2.15 bits per heavy atom. The fourth-order valence-corrected chi connectivity index (χ4v) is 2.23. The summed E-state index contributed by atoms with van der Waals surface area (Å²) in [6, 6.07) is 5.91. The smallest absolute Gasteiger partial charge is 0.119 e. The number of aromatic nitrogens is 2. The van der Waals surface area contributed by atoms with Crippen molar-refractivity contribution in [3.8, 4) is 6.07 Å². The molecule has 0 aliphatic heterocycles. The molecule has 0 radical (unpaired) electrons. The first kappa shape index (κ1) is 8.60. The first-order valence-corrected chi connectivity index (χ1v) is 5.12. The van der Waals surface area contributed by atoms with Crippen LogP contribution in [0.1, 0.15) is 5.56 Å². The molecule has 0 aliphatic rings. The maximum atomic E-state index is 8.58. The van der Waals surface area contributed by atoms with Crippen molar-refractivity contribution in [1.82, 2.24) is 8.75 Å². The van der Waals surface area contributed by atoms with Crippen molar-refractivity contribution in [1.29, 1.82) is 5.26 Å². The van der Waals surface area contributed by atoms with E-state index in [1.165, 1.54) is 11.7 Å². The van der Waals surface area contributed by atoms with Crippen LogP contribution in [0.15, 0.2) is 16.6 Å². The second kappa shape index (κ2) is 3.40. The molecule has 1 heterocycles. The Morgan fingerprint density at radius 1 is 1.38 bits per heavy atom. The average Bonchev–Trinajstić information content (AvgIpc) is 2.59. The minimum Gasteiger partial charge on any atom is -0.198 e. The molecular formula is C8H4BrN3S. The number of benzene rings is 1. The van der Waals surface area contributed by atoms with E-state index in [0.717, 1.165) is 21.1 Å². The third-order valence-corrected chi connectivity index (χ3v) is 2.89. The second-order valence-corrected chi connectivity index (χ2v) is 3.89. The number of hydrogen-bond donors (Lipinski definition) is 0. The molecule has 2 aromatic rings. The van der Waals surface area contributed by atoms with Gasteiger partial charge in [0.15, 0.2) is 0 Å². The van der Waals surface area contributed by atoms with Crippen LogP contribution in [0.5, 0.6) is 0 Å². The molecule has 0 aliphatic carbocycles. The van der Waals surface area contributed by atoms with Gasteiger partial charge in [-0.2, -0.15) is 14.0 Å². The molecule has 0 bridgehead atoms. The average molecular weight is 254 g/mol. The van der Waals surface area contributed by atoms with E-state index in [2.05, 4.69) is 30.7 Å². The zero-order chi connectivity index (χ0) is 9.26. The zero-order valence-electron chi connectivity index (χ0n) is 6.49. The third-order valence-electron chi connectivity index (χ3n) is 1.72. The summed E-state index contributed by atoms with van der Waals surface area (Å²) in [7, 11) is 0. The van der Waals surface area contributed by atoms with Gasteiger partial charge in [0, 0.05) is 4.47 Å². The van der Waals surface area contributed by atoms with Crippen molar-refractivity contribution in [3.63, 3.8) is 0 Å². The van der Waals surface area contributed by atoms with Gasteiger partial charge in [0.25, 0.3) is 0 Å². The van der Waals surface area contributed by atoms with Gasteiger partial charge in [-0.3, -0.25) is 0 Å². The van der Waals surface area contributed by atoms with Crippen molar-refractivity contribution in [2.24, 2.45) is 0 Å². The van der Waals surface area contributed by atoms with Crippen molar-refractivity contribution >= 4 is 38.7 Å². The zero-order valence-corrected chi connectivity index (χ0v) is 8.89. The highest BCUT2D eigenvalue weighted by Crippen LogP contribution is 2.25. The van der Waals surface area contributed by atoms with E-state index < -0.39 is 0 Å². The van der Waals surface area contributed by atoms with Crippen molar-refractivity contribution in [3.05, 3.63) is 22.2 Å². The molecule has 1 aromatic carbocycles. The number of rotatable bonds is 1. The lowest BCUT2D eigenvalue weighted by Gasteiger charge is -1.96. The molecule has 0 unspecified atom stereocenters. The van der Waals surface area contributed by atoms with Crippen LogP contribution in [-0.2, 0) is 6.42 Å². The normalized spacial score (nSPS) is 10.2. The lowest BCUT2D eigenvalue weighted by atomic mass is 10.1. The predicted molar refractivity (Wildman–Crippen MR) is 54.4 cm³/mol. The molecular weight excluding hydrogens is 250 g/mol. The van der Waals surface area contributed by atoms with Gasteiger partial charge in [0.05, 0.1) is 24.2 Å². The topological polar surface area (TPSA) is 49.6 Å². The van der Waals surface area contributed by atoms with Crippen LogP contribution >= 0.6 is 27.7 Å². The number of nitrogens with zero attached hydrogens (tertiary/aromatic N) is 3. The Morgan fingerprint density at radius 3 is 2.92 bits per heavy atom. The molecule has 5 heteroatoms. The quantitative estimate of drug-likeness (QED) is 0.785. The molecule has 0 fully saturated rings. The summed E-state index contributed by atoms with van der Waals surface area (Å²) >= 11 is 4.55. The van der Waals surface area contributed by atoms with Gasteiger partial charge in [0.1, 0.15) is 11.0 Å². The molecule has 13 heavy (non-hydrogen) atoms. The Kier molecular flexibility index (Phi) is 2.25. The molecule has 0 amide bonds. The maximum absolute atomic E-state index is 8.58. The van der Waals surface area contributed by atoms with Gasteiger partial charge in [-0.15, -0.1) is 0 Å². The maximum Gasteiger partial charge on any atom is 0.119 e. The molecule has 0 atom stereocenters. The van der Waals surface area contributed by atoms with Crippen LogP contribution in [0.3, 0.4) is 0 Å². The predicted octanol–water partition coefficient (Wildman–Crippen LogP) is 2.52. The van der Waals surface area contributed by atoms with E-state index in [-0.39, 0.29) is 0 Å². The van der Waals surface area contributed by atoms with Gasteiger partial charge < -0.3 is 0 Å². The van der Waals surface area contributed by atoms with Crippen LogP contribution in [-0.4, -0.2) is 8.75 Å². The minimum atomic E-state index is 0.384. The van der Waals surface area contributed by atoms with Crippen LogP contribution in [0.2, 0.25) is 0 Å². The van der Waals surface area contributed by atoms with E-state index in [9.17, 15) is 0 Å². The fourth-order valence-electron chi connectivity index (χ4n) is 1.12. The van der Waals surface area contributed by atoms with Crippen molar-refractivity contribution in [2.45, 2.75) is 6.42 Å². The molecule has 0 spiro atoms. The Bertz CT molecular complexity index is 486. The van der Waals surface area contributed by atoms with E-state index >= 15 is 0 Å². The number of hydrogen-bond acceptors (Lipinski definition) is 4. The summed E-state index contributed by atoms with van der Waals surface area (Å²) in [6.07, 6.45) is 0.384. The first-order chi connectivity index (χ1) is 6.33. The number of fused-ring (bicyclic) bond motifs is 1. The summed E-state index contributed by atoms with van der Waals surface area (Å²) in [5, 5.41) is 8.58. The van der Waals surface area contributed by atoms with Gasteiger partial charge in [-0.25, -0.2) is 0 Å². The molecule has 2 rings (SSSR count). The van der Waals surface area contributed by atoms with Gasteiger partial charge in [0.2, 0.25) is 0 Å². The lowest BCUT2D eigenvalue weighted by molar-refractivity contribution is 1.27.